The molecule has 0 spiro atoms. The molecule has 3 heteroatoms. The van der Waals surface area contributed by atoms with E-state index in [-0.39, 0.29) is 0 Å². The van der Waals surface area contributed by atoms with Gasteiger partial charge < -0.3 is 5.32 Å². The van der Waals surface area contributed by atoms with Crippen LogP contribution in [0.5, 0.6) is 0 Å². The molecule has 0 aliphatic carbocycles. The van der Waals surface area contributed by atoms with E-state index in [4.69, 9.17) is 0 Å². The van der Waals surface area contributed by atoms with Crippen molar-refractivity contribution in [3.63, 3.8) is 0 Å². The highest BCUT2D eigenvalue weighted by molar-refractivity contribution is 5.07. The molecule has 0 saturated carbocycles. The monoisotopic (exact) mass is 193 g/mol. The SMILES string of the molecule is CCn1nccc1C1CCCCCN1. The molecule has 1 atom stereocenters. The molecule has 1 aliphatic heterocycles. The van der Waals surface area contributed by atoms with Crippen molar-refractivity contribution in [3.05, 3.63) is 18.0 Å². The maximum Gasteiger partial charge on any atom is 0.0553 e. The minimum atomic E-state index is 0.528. The molecule has 1 aromatic rings. The Labute approximate surface area is 85.5 Å². The molecule has 2 heterocycles. The van der Waals surface area contributed by atoms with E-state index in [0.29, 0.717) is 6.04 Å². The van der Waals surface area contributed by atoms with Gasteiger partial charge in [-0.25, -0.2) is 0 Å². The van der Waals surface area contributed by atoms with Crippen LogP contribution in [0.25, 0.3) is 0 Å². The number of nitrogens with one attached hydrogen (secondary N) is 1. The summed E-state index contributed by atoms with van der Waals surface area (Å²) in [5.41, 5.74) is 1.36. The fourth-order valence-corrected chi connectivity index (χ4v) is 2.18. The highest BCUT2D eigenvalue weighted by atomic mass is 15.3. The molecule has 1 fully saturated rings. The summed E-state index contributed by atoms with van der Waals surface area (Å²) < 4.78 is 2.10. The van der Waals surface area contributed by atoms with Crippen molar-refractivity contribution in [1.82, 2.24) is 15.1 Å². The Bertz CT molecular complexity index is 272. The lowest BCUT2D eigenvalue weighted by Gasteiger charge is -2.16. The van der Waals surface area contributed by atoms with Gasteiger partial charge in [-0.1, -0.05) is 12.8 Å². The van der Waals surface area contributed by atoms with Crippen LogP contribution in [0.4, 0.5) is 0 Å². The van der Waals surface area contributed by atoms with Crippen molar-refractivity contribution in [2.45, 2.75) is 45.2 Å². The zero-order chi connectivity index (χ0) is 9.80. The Morgan fingerprint density at radius 3 is 3.29 bits per heavy atom. The van der Waals surface area contributed by atoms with Crippen LogP contribution in [0.2, 0.25) is 0 Å². The number of aromatic nitrogens is 2. The summed E-state index contributed by atoms with van der Waals surface area (Å²) in [5, 5.41) is 7.92. The molecule has 1 saturated heterocycles. The highest BCUT2D eigenvalue weighted by Gasteiger charge is 2.16. The van der Waals surface area contributed by atoms with Crippen LogP contribution in [0.15, 0.2) is 12.3 Å². The first-order chi connectivity index (χ1) is 6.92. The van der Waals surface area contributed by atoms with E-state index in [1.807, 2.05) is 6.20 Å². The zero-order valence-electron chi connectivity index (χ0n) is 8.87. The van der Waals surface area contributed by atoms with Gasteiger partial charge in [0.15, 0.2) is 0 Å². The Morgan fingerprint density at radius 1 is 1.50 bits per heavy atom. The lowest BCUT2D eigenvalue weighted by atomic mass is 10.1. The molecular weight excluding hydrogens is 174 g/mol. The number of rotatable bonds is 2. The molecule has 78 valence electrons. The fraction of sp³-hybridized carbons (Fsp3) is 0.727. The molecule has 3 nitrogen and oxygen atoms in total. The van der Waals surface area contributed by atoms with E-state index >= 15 is 0 Å². The number of nitrogens with zero attached hydrogens (tertiary/aromatic N) is 2. The molecule has 0 aromatic carbocycles. The van der Waals surface area contributed by atoms with Gasteiger partial charge in [-0.3, -0.25) is 4.68 Å². The van der Waals surface area contributed by atoms with Crippen molar-refractivity contribution >= 4 is 0 Å². The molecule has 0 radical (unpaired) electrons. The molecule has 1 unspecified atom stereocenters. The largest absolute Gasteiger partial charge is 0.309 e. The van der Waals surface area contributed by atoms with Crippen LogP contribution in [0.1, 0.15) is 44.3 Å². The number of hydrogen-bond donors (Lipinski definition) is 1. The van der Waals surface area contributed by atoms with E-state index in [9.17, 15) is 0 Å². The summed E-state index contributed by atoms with van der Waals surface area (Å²) >= 11 is 0. The van der Waals surface area contributed by atoms with E-state index in [0.717, 1.165) is 13.1 Å². The first-order valence-electron chi connectivity index (χ1n) is 5.67. The van der Waals surface area contributed by atoms with Gasteiger partial charge >= 0.3 is 0 Å². The van der Waals surface area contributed by atoms with Gasteiger partial charge in [0.05, 0.1) is 5.69 Å². The fourth-order valence-electron chi connectivity index (χ4n) is 2.18. The quantitative estimate of drug-likeness (QED) is 0.779. The summed E-state index contributed by atoms with van der Waals surface area (Å²) in [6.07, 6.45) is 7.18. The standard InChI is InChI=1S/C11H19N3/c1-2-14-11(7-9-13-14)10-6-4-3-5-8-12-10/h7,9-10,12H,2-6,8H2,1H3. The summed E-state index contributed by atoms with van der Waals surface area (Å²) in [7, 11) is 0. The average molecular weight is 193 g/mol. The summed E-state index contributed by atoms with van der Waals surface area (Å²) in [6, 6.07) is 2.67. The molecule has 0 bridgehead atoms. The number of hydrogen-bond acceptors (Lipinski definition) is 2. The van der Waals surface area contributed by atoms with Crippen molar-refractivity contribution in [2.24, 2.45) is 0 Å². The summed E-state index contributed by atoms with van der Waals surface area (Å²) in [6.45, 7) is 4.27. The van der Waals surface area contributed by atoms with E-state index < -0.39 is 0 Å². The minimum Gasteiger partial charge on any atom is -0.309 e. The second-order valence-corrected chi connectivity index (χ2v) is 3.93. The molecule has 1 N–H and O–H groups in total. The van der Waals surface area contributed by atoms with Gasteiger partial charge in [0.2, 0.25) is 0 Å². The Hall–Kier alpha value is -0.830. The first kappa shape index (κ1) is 9.71. The van der Waals surface area contributed by atoms with Gasteiger partial charge in [-0.2, -0.15) is 5.10 Å². The maximum atomic E-state index is 4.32. The second kappa shape index (κ2) is 4.60. The van der Waals surface area contributed by atoms with Crippen LogP contribution < -0.4 is 5.32 Å². The Balaban J connectivity index is 2.11. The number of aryl methyl sites for hydroxylation is 1. The van der Waals surface area contributed by atoms with Gasteiger partial charge in [0, 0.05) is 18.8 Å². The molecular formula is C11H19N3. The van der Waals surface area contributed by atoms with Crippen LogP contribution in [0.3, 0.4) is 0 Å². The van der Waals surface area contributed by atoms with Crippen molar-refractivity contribution in [1.29, 1.82) is 0 Å². The third-order valence-electron chi connectivity index (χ3n) is 2.97. The third kappa shape index (κ3) is 1.98. The smallest absolute Gasteiger partial charge is 0.0553 e. The van der Waals surface area contributed by atoms with Gasteiger partial charge in [-0.15, -0.1) is 0 Å². The van der Waals surface area contributed by atoms with Crippen LogP contribution in [-0.2, 0) is 6.54 Å². The second-order valence-electron chi connectivity index (χ2n) is 3.93. The topological polar surface area (TPSA) is 29.9 Å². The van der Waals surface area contributed by atoms with Crippen molar-refractivity contribution < 1.29 is 0 Å². The van der Waals surface area contributed by atoms with Gasteiger partial charge in [-0.05, 0) is 32.4 Å². The van der Waals surface area contributed by atoms with Crippen molar-refractivity contribution in [2.75, 3.05) is 6.54 Å². The minimum absolute atomic E-state index is 0.528. The average Bonchev–Trinajstić information content (AvgIpc) is 2.52. The highest BCUT2D eigenvalue weighted by Crippen LogP contribution is 2.22. The summed E-state index contributed by atoms with van der Waals surface area (Å²) in [4.78, 5) is 0. The summed E-state index contributed by atoms with van der Waals surface area (Å²) in [5.74, 6) is 0. The van der Waals surface area contributed by atoms with Crippen LogP contribution in [-0.4, -0.2) is 16.3 Å². The Morgan fingerprint density at radius 2 is 2.43 bits per heavy atom. The normalized spacial score (nSPS) is 23.4. The maximum absolute atomic E-state index is 4.32. The predicted octanol–water partition coefficient (Wildman–Crippen LogP) is 2.11. The molecule has 0 amide bonds. The van der Waals surface area contributed by atoms with Gasteiger partial charge in [0.1, 0.15) is 0 Å². The van der Waals surface area contributed by atoms with Crippen LogP contribution >= 0.6 is 0 Å². The molecule has 1 aliphatic rings. The Kier molecular flexibility index (Phi) is 3.19. The van der Waals surface area contributed by atoms with E-state index in [1.165, 1.54) is 31.4 Å². The zero-order valence-corrected chi connectivity index (χ0v) is 8.87. The first-order valence-corrected chi connectivity index (χ1v) is 5.67. The van der Waals surface area contributed by atoms with Crippen molar-refractivity contribution in [3.8, 4) is 0 Å². The van der Waals surface area contributed by atoms with Gasteiger partial charge in [0.25, 0.3) is 0 Å². The van der Waals surface area contributed by atoms with E-state index in [1.54, 1.807) is 0 Å². The molecule has 1 aromatic heterocycles. The van der Waals surface area contributed by atoms with E-state index in [2.05, 4.69) is 28.1 Å². The molecule has 14 heavy (non-hydrogen) atoms. The van der Waals surface area contributed by atoms with Crippen LogP contribution in [0, 0.1) is 0 Å². The molecule has 2 rings (SSSR count). The third-order valence-corrected chi connectivity index (χ3v) is 2.97. The lowest BCUT2D eigenvalue weighted by molar-refractivity contribution is 0.479. The predicted molar refractivity (Wildman–Crippen MR) is 57.1 cm³/mol. The lowest BCUT2D eigenvalue weighted by Crippen LogP contribution is -2.23.